The van der Waals surface area contributed by atoms with Crippen LogP contribution in [0.5, 0.6) is 0 Å². The van der Waals surface area contributed by atoms with E-state index >= 15 is 0 Å². The standard InChI is InChI=1S/C15H26BrNO/c1-14(2)12(15(14,3)4)13(18)17-9-10-5-7-11(16)8-6-10/h10-12H,5-9H2,1-4H3,(H,17,18). The van der Waals surface area contributed by atoms with Crippen LogP contribution in [-0.4, -0.2) is 17.3 Å². The minimum Gasteiger partial charge on any atom is -0.356 e. The average Bonchev–Trinajstić information content (AvgIpc) is 2.68. The molecule has 0 radical (unpaired) electrons. The fourth-order valence-electron chi connectivity index (χ4n) is 3.52. The first-order valence-electron chi connectivity index (χ1n) is 7.18. The van der Waals surface area contributed by atoms with Crippen LogP contribution in [0.1, 0.15) is 53.4 Å². The van der Waals surface area contributed by atoms with Gasteiger partial charge in [0.05, 0.1) is 0 Å². The van der Waals surface area contributed by atoms with Gasteiger partial charge in [-0.2, -0.15) is 0 Å². The number of nitrogens with one attached hydrogen (secondary N) is 1. The van der Waals surface area contributed by atoms with Gasteiger partial charge in [0.25, 0.3) is 0 Å². The van der Waals surface area contributed by atoms with Crippen LogP contribution in [0.3, 0.4) is 0 Å². The highest BCUT2D eigenvalue weighted by Crippen LogP contribution is 2.68. The average molecular weight is 316 g/mol. The molecule has 1 N–H and O–H groups in total. The molecule has 2 nitrogen and oxygen atoms in total. The highest BCUT2D eigenvalue weighted by atomic mass is 79.9. The molecule has 0 bridgehead atoms. The monoisotopic (exact) mass is 315 g/mol. The molecule has 0 aromatic heterocycles. The lowest BCUT2D eigenvalue weighted by Crippen LogP contribution is -2.33. The molecule has 0 aromatic carbocycles. The van der Waals surface area contributed by atoms with Gasteiger partial charge in [-0.15, -0.1) is 0 Å². The Hall–Kier alpha value is -0.0500. The minimum atomic E-state index is 0.157. The van der Waals surface area contributed by atoms with Gasteiger partial charge >= 0.3 is 0 Å². The summed E-state index contributed by atoms with van der Waals surface area (Å²) < 4.78 is 0. The van der Waals surface area contributed by atoms with Crippen molar-refractivity contribution < 1.29 is 4.79 Å². The lowest BCUT2D eigenvalue weighted by atomic mass is 9.89. The summed E-state index contributed by atoms with van der Waals surface area (Å²) in [5.41, 5.74) is 0.315. The first-order chi connectivity index (χ1) is 8.26. The SMILES string of the molecule is CC1(C)C(C(=O)NCC2CCC(Br)CC2)C1(C)C. The topological polar surface area (TPSA) is 29.1 Å². The van der Waals surface area contributed by atoms with Gasteiger partial charge in [0.1, 0.15) is 0 Å². The minimum absolute atomic E-state index is 0.157. The summed E-state index contributed by atoms with van der Waals surface area (Å²) in [5.74, 6) is 1.15. The second-order valence-corrected chi connectivity index (χ2v) is 8.53. The van der Waals surface area contributed by atoms with Crippen LogP contribution in [-0.2, 0) is 4.79 Å². The van der Waals surface area contributed by atoms with E-state index in [-0.39, 0.29) is 22.7 Å². The van der Waals surface area contributed by atoms with Gasteiger partial charge in [0.2, 0.25) is 5.91 Å². The molecule has 2 rings (SSSR count). The molecule has 0 heterocycles. The molecular weight excluding hydrogens is 290 g/mol. The van der Waals surface area contributed by atoms with Crippen LogP contribution in [0.25, 0.3) is 0 Å². The molecule has 2 aliphatic carbocycles. The third-order valence-electron chi connectivity index (χ3n) is 5.62. The maximum absolute atomic E-state index is 12.2. The number of halogens is 1. The third-order valence-corrected chi connectivity index (χ3v) is 6.54. The zero-order valence-electron chi connectivity index (χ0n) is 12.1. The number of rotatable bonds is 3. The normalized spacial score (nSPS) is 34.1. The van der Waals surface area contributed by atoms with Crippen LogP contribution < -0.4 is 5.32 Å². The molecule has 0 atom stereocenters. The molecule has 0 aliphatic heterocycles. The van der Waals surface area contributed by atoms with Gasteiger partial charge in [0, 0.05) is 17.3 Å². The summed E-state index contributed by atoms with van der Waals surface area (Å²) in [4.78, 5) is 12.9. The van der Waals surface area contributed by atoms with E-state index in [1.54, 1.807) is 0 Å². The maximum atomic E-state index is 12.2. The fraction of sp³-hybridized carbons (Fsp3) is 0.933. The van der Waals surface area contributed by atoms with Gasteiger partial charge in [-0.25, -0.2) is 0 Å². The van der Waals surface area contributed by atoms with E-state index < -0.39 is 0 Å². The third kappa shape index (κ3) is 2.48. The van der Waals surface area contributed by atoms with Crippen molar-refractivity contribution in [2.45, 2.75) is 58.2 Å². The van der Waals surface area contributed by atoms with E-state index in [2.05, 4.69) is 48.9 Å². The Morgan fingerprint density at radius 2 is 1.61 bits per heavy atom. The van der Waals surface area contributed by atoms with E-state index in [1.807, 2.05) is 0 Å². The first kappa shape index (κ1) is 14.4. The van der Waals surface area contributed by atoms with Crippen molar-refractivity contribution in [1.29, 1.82) is 0 Å². The quantitative estimate of drug-likeness (QED) is 0.790. The van der Waals surface area contributed by atoms with E-state index in [4.69, 9.17) is 0 Å². The summed E-state index contributed by atoms with van der Waals surface area (Å²) in [5, 5.41) is 3.19. The Kier molecular flexibility index (Phi) is 3.84. The van der Waals surface area contributed by atoms with Gasteiger partial charge in [-0.3, -0.25) is 4.79 Å². The Bertz CT molecular complexity index is 315. The molecule has 0 saturated heterocycles. The van der Waals surface area contributed by atoms with Crippen LogP contribution in [0.15, 0.2) is 0 Å². The zero-order chi connectivity index (χ0) is 13.6. The molecule has 18 heavy (non-hydrogen) atoms. The van der Waals surface area contributed by atoms with Crippen molar-refractivity contribution in [1.82, 2.24) is 5.32 Å². The molecule has 0 unspecified atom stereocenters. The van der Waals surface area contributed by atoms with E-state index in [0.29, 0.717) is 10.7 Å². The summed E-state index contributed by atoms with van der Waals surface area (Å²) in [6.45, 7) is 9.68. The highest BCUT2D eigenvalue weighted by molar-refractivity contribution is 9.09. The van der Waals surface area contributed by atoms with Crippen molar-refractivity contribution >= 4 is 21.8 Å². The molecule has 1 amide bonds. The van der Waals surface area contributed by atoms with E-state index in [9.17, 15) is 4.79 Å². The molecule has 2 saturated carbocycles. The molecule has 104 valence electrons. The van der Waals surface area contributed by atoms with Crippen LogP contribution >= 0.6 is 15.9 Å². The highest BCUT2D eigenvalue weighted by Gasteiger charge is 2.68. The van der Waals surface area contributed by atoms with Crippen molar-refractivity contribution in [3.8, 4) is 0 Å². The predicted molar refractivity (Wildman–Crippen MR) is 78.7 cm³/mol. The molecule has 2 fully saturated rings. The number of carbonyl (C=O) groups excluding carboxylic acids is 1. The second-order valence-electron chi connectivity index (χ2n) is 7.24. The molecule has 0 spiro atoms. The van der Waals surface area contributed by atoms with Gasteiger partial charge in [-0.1, -0.05) is 43.6 Å². The van der Waals surface area contributed by atoms with Crippen LogP contribution in [0, 0.1) is 22.7 Å². The molecule has 3 heteroatoms. The fourth-order valence-corrected chi connectivity index (χ4v) is 4.05. The summed E-state index contributed by atoms with van der Waals surface area (Å²) in [6, 6.07) is 0. The summed E-state index contributed by atoms with van der Waals surface area (Å²) in [6.07, 6.45) is 4.99. The second kappa shape index (κ2) is 4.81. The van der Waals surface area contributed by atoms with Gasteiger partial charge in [0.15, 0.2) is 0 Å². The summed E-state index contributed by atoms with van der Waals surface area (Å²) in [7, 11) is 0. The van der Waals surface area contributed by atoms with E-state index in [1.165, 1.54) is 25.7 Å². The van der Waals surface area contributed by atoms with E-state index in [0.717, 1.165) is 6.54 Å². The number of carbonyl (C=O) groups is 1. The Balaban J connectivity index is 1.77. The zero-order valence-corrected chi connectivity index (χ0v) is 13.6. The van der Waals surface area contributed by atoms with Crippen molar-refractivity contribution in [3.63, 3.8) is 0 Å². The van der Waals surface area contributed by atoms with Crippen molar-refractivity contribution in [2.24, 2.45) is 22.7 Å². The largest absolute Gasteiger partial charge is 0.356 e. The van der Waals surface area contributed by atoms with Crippen LogP contribution in [0.4, 0.5) is 0 Å². The molecule has 2 aliphatic rings. The van der Waals surface area contributed by atoms with Crippen LogP contribution in [0.2, 0.25) is 0 Å². The lowest BCUT2D eigenvalue weighted by molar-refractivity contribution is -0.123. The van der Waals surface area contributed by atoms with Crippen molar-refractivity contribution in [2.75, 3.05) is 6.54 Å². The number of alkyl halides is 1. The molecular formula is C15H26BrNO. The maximum Gasteiger partial charge on any atom is 0.224 e. The number of amides is 1. The van der Waals surface area contributed by atoms with Gasteiger partial charge in [-0.05, 0) is 42.4 Å². The van der Waals surface area contributed by atoms with Gasteiger partial charge < -0.3 is 5.32 Å². The smallest absolute Gasteiger partial charge is 0.224 e. The Labute approximate surface area is 119 Å². The lowest BCUT2D eigenvalue weighted by Gasteiger charge is -2.25. The Morgan fingerprint density at radius 1 is 1.11 bits per heavy atom. The molecule has 0 aromatic rings. The van der Waals surface area contributed by atoms with Crippen molar-refractivity contribution in [3.05, 3.63) is 0 Å². The Morgan fingerprint density at radius 3 is 2.06 bits per heavy atom. The number of hydrogen-bond donors (Lipinski definition) is 1. The first-order valence-corrected chi connectivity index (χ1v) is 8.10. The summed E-state index contributed by atoms with van der Waals surface area (Å²) >= 11 is 3.67. The predicted octanol–water partition coefficient (Wildman–Crippen LogP) is 3.74. The number of hydrogen-bond acceptors (Lipinski definition) is 1.